The lowest BCUT2D eigenvalue weighted by molar-refractivity contribution is -0.154. The van der Waals surface area contributed by atoms with Gasteiger partial charge in [-0.05, 0) is 85.3 Å². The summed E-state index contributed by atoms with van der Waals surface area (Å²) in [6.45, 7) is 0.126. The molecule has 1 aromatic heterocycles. The minimum atomic E-state index is -4.64. The second-order valence-corrected chi connectivity index (χ2v) is 12.4. The van der Waals surface area contributed by atoms with Gasteiger partial charge in [0.15, 0.2) is 6.61 Å². The van der Waals surface area contributed by atoms with Gasteiger partial charge in [0, 0.05) is 28.5 Å². The Balaban J connectivity index is 1.18. The maximum Gasteiger partial charge on any atom is 0.422 e. The van der Waals surface area contributed by atoms with E-state index in [1.165, 1.54) is 24.3 Å². The molecule has 1 heterocycles. The Hall–Kier alpha value is -5.97. The van der Waals surface area contributed by atoms with E-state index in [-0.39, 0.29) is 30.4 Å². The Bertz CT molecular complexity index is 1940. The number of nitrogens with zero attached hydrogens (tertiary/aromatic N) is 3. The first-order valence-corrected chi connectivity index (χ1v) is 16.7. The van der Waals surface area contributed by atoms with Crippen molar-refractivity contribution >= 4 is 58.6 Å². The predicted octanol–water partition coefficient (Wildman–Crippen LogP) is 5.20. The van der Waals surface area contributed by atoms with E-state index >= 15 is 0 Å². The van der Waals surface area contributed by atoms with Crippen LogP contribution in [0.3, 0.4) is 0 Å². The molecule has 4 aromatic rings. The van der Waals surface area contributed by atoms with Gasteiger partial charge in [-0.25, -0.2) is 4.79 Å². The largest absolute Gasteiger partial charge is 0.480 e. The van der Waals surface area contributed by atoms with Crippen LogP contribution in [0.5, 0.6) is 6.01 Å². The molecule has 0 spiro atoms. The molecule has 6 N–H and O–H groups in total. The number of carbonyl (C=O) groups excluding carboxylic acids is 3. The molecule has 1 fully saturated rings. The topological polar surface area (TPSA) is 197 Å². The van der Waals surface area contributed by atoms with Gasteiger partial charge in [0.1, 0.15) is 6.04 Å². The number of hydrogen-bond acceptors (Lipinski definition) is 10. The van der Waals surface area contributed by atoms with Gasteiger partial charge < -0.3 is 36.4 Å². The van der Waals surface area contributed by atoms with Crippen molar-refractivity contribution in [1.29, 1.82) is 0 Å². The number of amides is 3. The fourth-order valence-electron chi connectivity index (χ4n) is 5.03. The predicted molar refractivity (Wildman–Crippen MR) is 188 cm³/mol. The first-order valence-electron chi connectivity index (χ1n) is 16.3. The molecule has 1 atom stereocenters. The van der Waals surface area contributed by atoms with Crippen molar-refractivity contribution in [3.05, 3.63) is 94.5 Å². The molecule has 1 saturated carbocycles. The van der Waals surface area contributed by atoms with Gasteiger partial charge in [-0.3, -0.25) is 14.4 Å². The van der Waals surface area contributed by atoms with Gasteiger partial charge in [-0.2, -0.15) is 28.1 Å². The summed E-state index contributed by atoms with van der Waals surface area (Å²) in [5.74, 6) is -4.20. The highest BCUT2D eigenvalue weighted by Gasteiger charge is 2.45. The molecule has 0 saturated heterocycles. The molecule has 1 aliphatic rings. The van der Waals surface area contributed by atoms with Gasteiger partial charge in [0.05, 0.1) is 5.54 Å². The summed E-state index contributed by atoms with van der Waals surface area (Å²) >= 11 is 6.02. The highest BCUT2D eigenvalue weighted by atomic mass is 35.5. The minimum absolute atomic E-state index is 0.0404. The molecule has 53 heavy (non-hydrogen) atoms. The molecule has 0 aliphatic heterocycles. The maximum absolute atomic E-state index is 12.9. The maximum atomic E-state index is 12.9. The van der Waals surface area contributed by atoms with Gasteiger partial charge in [-0.1, -0.05) is 42.8 Å². The quantitative estimate of drug-likeness (QED) is 0.0873. The fraction of sp³-hybridized carbons (Fsp3) is 0.286. The number of carboxylic acid groups (broad SMARTS) is 1. The van der Waals surface area contributed by atoms with E-state index < -0.39 is 54.1 Å². The Morgan fingerprint density at radius 3 is 2.13 bits per heavy atom. The number of carbonyl (C=O) groups is 4. The summed E-state index contributed by atoms with van der Waals surface area (Å²) < 4.78 is 43.6. The number of halogens is 4. The van der Waals surface area contributed by atoms with Gasteiger partial charge in [-0.15, -0.1) is 0 Å². The monoisotopic (exact) mass is 754 g/mol. The van der Waals surface area contributed by atoms with E-state index in [4.69, 9.17) is 16.3 Å². The number of alkyl halides is 3. The van der Waals surface area contributed by atoms with Crippen LogP contribution < -0.4 is 31.3 Å². The van der Waals surface area contributed by atoms with E-state index in [9.17, 15) is 37.5 Å². The average molecular weight is 755 g/mol. The van der Waals surface area contributed by atoms with Crippen LogP contribution >= 0.6 is 11.6 Å². The van der Waals surface area contributed by atoms with Gasteiger partial charge in [0.25, 0.3) is 5.91 Å². The smallest absolute Gasteiger partial charge is 0.422 e. The summed E-state index contributed by atoms with van der Waals surface area (Å²) in [4.78, 5) is 61.5. The highest BCUT2D eigenvalue weighted by molar-refractivity contribution is 6.39. The molecule has 5 rings (SSSR count). The summed E-state index contributed by atoms with van der Waals surface area (Å²) in [6.07, 6.45) is -2.65. The van der Waals surface area contributed by atoms with E-state index in [0.29, 0.717) is 29.2 Å². The summed E-state index contributed by atoms with van der Waals surface area (Å²) in [5, 5.41) is 23.4. The van der Waals surface area contributed by atoms with Gasteiger partial charge in [0.2, 0.25) is 11.9 Å². The number of ether oxygens (including phenoxy) is 1. The first kappa shape index (κ1) is 38.3. The number of benzene rings is 3. The van der Waals surface area contributed by atoms with E-state index in [1.54, 1.807) is 24.3 Å². The lowest BCUT2D eigenvalue weighted by Crippen LogP contribution is -2.44. The second kappa shape index (κ2) is 16.6. The van der Waals surface area contributed by atoms with Crippen molar-refractivity contribution in [3.8, 4) is 6.01 Å². The lowest BCUT2D eigenvalue weighted by Gasteiger charge is -2.19. The van der Waals surface area contributed by atoms with Crippen molar-refractivity contribution in [2.75, 3.05) is 29.1 Å². The standard InChI is InChI=1S/C35H34ClF3N8O6/c1-2-20-3-11-24(12-4-20)41-29(50)28(49)40-18-15-26(30(51)52)43-27(48)21-5-13-25(14-6-21)42-31-44-32(46-33(45-31)53-19-35(37,38)39)47-34(16-17-34)22-7-9-23(36)10-8-22/h3-14,26H,2,15-19H2,1H3,(H,40,49)(H,41,50)(H,43,48)(H,51,52)(H2,42,44,45,46,47)/t26-/m0/s1. The molecule has 14 nitrogen and oxygen atoms in total. The van der Waals surface area contributed by atoms with Crippen LogP contribution in [-0.2, 0) is 26.3 Å². The number of aromatic nitrogens is 3. The summed E-state index contributed by atoms with van der Waals surface area (Å²) in [5.41, 5.74) is 2.20. The summed E-state index contributed by atoms with van der Waals surface area (Å²) in [7, 11) is 0. The van der Waals surface area contributed by atoms with Crippen LogP contribution in [-0.4, -0.2) is 69.1 Å². The van der Waals surface area contributed by atoms with Crippen LogP contribution in [0.1, 0.15) is 47.7 Å². The molecule has 0 unspecified atom stereocenters. The SMILES string of the molecule is CCc1ccc(NC(=O)C(=O)NCC[C@H](NC(=O)c2ccc(Nc3nc(NC4(c5ccc(Cl)cc5)CC4)nc(OCC(F)(F)F)n3)cc2)C(=O)O)cc1. The Morgan fingerprint density at radius 2 is 1.53 bits per heavy atom. The molecule has 3 amide bonds. The molecule has 0 bridgehead atoms. The molecule has 1 aliphatic carbocycles. The van der Waals surface area contributed by atoms with E-state index in [0.717, 1.165) is 17.5 Å². The average Bonchev–Trinajstić information content (AvgIpc) is 3.90. The van der Waals surface area contributed by atoms with Crippen LogP contribution in [0.15, 0.2) is 72.8 Å². The molecular weight excluding hydrogens is 721 g/mol. The summed E-state index contributed by atoms with van der Waals surface area (Å²) in [6, 6.07) is 17.7. The molecule has 3 aromatic carbocycles. The molecular formula is C35H34ClF3N8O6. The van der Waals surface area contributed by atoms with Crippen LogP contribution in [0, 0.1) is 0 Å². The first-order chi connectivity index (χ1) is 25.2. The van der Waals surface area contributed by atoms with Crippen molar-refractivity contribution in [2.45, 2.75) is 50.4 Å². The Morgan fingerprint density at radius 1 is 0.887 bits per heavy atom. The highest BCUT2D eigenvalue weighted by Crippen LogP contribution is 2.48. The van der Waals surface area contributed by atoms with Crippen LogP contribution in [0.25, 0.3) is 0 Å². The number of aliphatic carboxylic acids is 1. The van der Waals surface area contributed by atoms with E-state index in [2.05, 4.69) is 41.5 Å². The van der Waals surface area contributed by atoms with Crippen molar-refractivity contribution in [1.82, 2.24) is 25.6 Å². The van der Waals surface area contributed by atoms with Crippen molar-refractivity contribution < 1.29 is 42.2 Å². The van der Waals surface area contributed by atoms with Crippen molar-refractivity contribution in [3.63, 3.8) is 0 Å². The normalized spacial score (nSPS) is 13.6. The fourth-order valence-corrected chi connectivity index (χ4v) is 5.15. The van der Waals surface area contributed by atoms with Crippen LogP contribution in [0.2, 0.25) is 5.02 Å². The zero-order valence-corrected chi connectivity index (χ0v) is 28.8. The second-order valence-electron chi connectivity index (χ2n) is 12.0. The Kier molecular flexibility index (Phi) is 12.0. The number of aryl methyl sites for hydroxylation is 1. The lowest BCUT2D eigenvalue weighted by atomic mass is 10.1. The van der Waals surface area contributed by atoms with Gasteiger partial charge >= 0.3 is 30.0 Å². The molecule has 18 heteroatoms. The number of carboxylic acids is 1. The number of hydrogen-bond donors (Lipinski definition) is 6. The van der Waals surface area contributed by atoms with E-state index in [1.807, 2.05) is 31.2 Å². The zero-order chi connectivity index (χ0) is 38.2. The minimum Gasteiger partial charge on any atom is -0.480 e. The molecule has 278 valence electrons. The molecule has 0 radical (unpaired) electrons. The number of anilines is 4. The number of nitrogens with one attached hydrogen (secondary N) is 5. The third kappa shape index (κ3) is 11.0. The Labute approximate surface area is 305 Å². The third-order valence-electron chi connectivity index (χ3n) is 8.03. The van der Waals surface area contributed by atoms with Crippen LogP contribution in [0.4, 0.5) is 36.4 Å². The zero-order valence-electron chi connectivity index (χ0n) is 28.1. The number of rotatable bonds is 15. The van der Waals surface area contributed by atoms with Crippen molar-refractivity contribution in [2.24, 2.45) is 0 Å². The third-order valence-corrected chi connectivity index (χ3v) is 8.28.